The van der Waals surface area contributed by atoms with Crippen LogP contribution in [0, 0.1) is 29.1 Å². The number of hydrogen-bond acceptors (Lipinski definition) is 21. The van der Waals surface area contributed by atoms with Gasteiger partial charge >= 0.3 is 35.6 Å². The number of aromatic nitrogens is 6. The number of thioether (sulfide) groups is 3. The van der Waals surface area contributed by atoms with Gasteiger partial charge in [-0.1, -0.05) is 43.5 Å². The van der Waals surface area contributed by atoms with Gasteiger partial charge in [0.25, 0.3) is 0 Å². The molecule has 9 heterocycles. The molecule has 0 spiro atoms. The quantitative estimate of drug-likeness (QED) is 0.0306. The number of carbonyl (C=O) groups is 3. The number of anilines is 3. The molecule has 9 aromatic rings. The Kier molecular flexibility index (Phi) is 30.4. The summed E-state index contributed by atoms with van der Waals surface area (Å²) < 4.78 is 228. The van der Waals surface area contributed by atoms with E-state index in [0.29, 0.717) is 69.3 Å². The molecule has 130 heavy (non-hydrogen) atoms. The number of nitrogens with zero attached hydrogens (tertiary/aromatic N) is 14. The molecule has 15 rings (SSSR count). The zero-order chi connectivity index (χ0) is 94.0. The highest BCUT2D eigenvalue weighted by Gasteiger charge is 2.45. The van der Waals surface area contributed by atoms with Gasteiger partial charge in [0.1, 0.15) is 46.5 Å². The van der Waals surface area contributed by atoms with E-state index in [1.807, 2.05) is 38.0 Å². The maximum absolute atomic E-state index is 15.3. The molecule has 3 amide bonds. The van der Waals surface area contributed by atoms with Crippen molar-refractivity contribution in [3.05, 3.63) is 193 Å². The highest BCUT2D eigenvalue weighted by molar-refractivity contribution is 8.00. The lowest BCUT2D eigenvalue weighted by Crippen LogP contribution is -2.58. The second-order valence-electron chi connectivity index (χ2n) is 32.1. The molecule has 3 saturated heterocycles. The van der Waals surface area contributed by atoms with Gasteiger partial charge in [-0.05, 0) is 121 Å². The number of likely N-dealkylation sites (N-methyl/N-ethyl adjacent to an activating group) is 3. The number of nitrogens with one attached hydrogen (secondary N) is 1. The van der Waals surface area contributed by atoms with Crippen LogP contribution in [0.1, 0.15) is 30.5 Å². The van der Waals surface area contributed by atoms with E-state index in [4.69, 9.17) is 25.8 Å². The molecule has 696 valence electrons. The number of hydrogen-bond donors (Lipinski definition) is 1. The van der Waals surface area contributed by atoms with Crippen molar-refractivity contribution >= 4 is 115 Å². The average molecular weight is 1900 g/mol. The molecule has 5 atom stereocenters. The first-order valence-electron chi connectivity index (χ1n) is 41.2. The maximum Gasteiger partial charge on any atom is 0.417 e. The zero-order valence-corrected chi connectivity index (χ0v) is 74.8. The SMILES string of the molecule is C=CC(=O)N1CCN(c2nc(=O)n3c4c(c(-c5ccc(F)cc5)c(C(F)(F)F)cc24)SCC(OCCN(C)C)C3)CC1.C=CC(=O)N1CCN(c2nc(=O)n3c4c(c(-c5ccc(F)cc5F)c(C(F)(F)F)cc24)SCC(OCCN(C)C)C3)CC1.C=CC(=O)N1[C@H](C)CN(c2nc(=O)n3c4c(c(-c5cc(Cl)c(F)cc5F)c(C(F)(F)F)cc24)SCC(OCCNC)C3)C[C@@H]1C. The summed E-state index contributed by atoms with van der Waals surface area (Å²) in [7, 11) is 9.27. The largest absolute Gasteiger partial charge is 0.417 e. The Bertz CT molecular complexity index is 6020. The first kappa shape index (κ1) is 97.4. The summed E-state index contributed by atoms with van der Waals surface area (Å²) in [5, 5.41) is 2.68. The van der Waals surface area contributed by atoms with Crippen LogP contribution in [0.3, 0.4) is 0 Å². The Hall–Kier alpha value is -10.1. The molecule has 6 aliphatic heterocycles. The van der Waals surface area contributed by atoms with Crippen LogP contribution in [-0.2, 0) is 66.8 Å². The molecule has 0 radical (unpaired) electrons. The van der Waals surface area contributed by atoms with E-state index in [2.05, 4.69) is 40.0 Å². The summed E-state index contributed by atoms with van der Waals surface area (Å²) in [6.45, 7) is 19.4. The fraction of sp³-hybridized carbons (Fsp3) is 0.420. The van der Waals surface area contributed by atoms with Crippen molar-refractivity contribution in [2.45, 2.75) is 97.1 Å². The fourth-order valence-corrected chi connectivity index (χ4v) is 20.6. The fourth-order valence-electron chi connectivity index (χ4n) is 16.7. The molecule has 0 aliphatic carbocycles. The van der Waals surface area contributed by atoms with Crippen LogP contribution in [-0.4, -0.2) is 259 Å². The molecule has 42 heteroatoms. The van der Waals surface area contributed by atoms with Crippen LogP contribution < -0.4 is 37.1 Å². The summed E-state index contributed by atoms with van der Waals surface area (Å²) in [6.07, 6.45) is -12.7. The highest BCUT2D eigenvalue weighted by Crippen LogP contribution is 2.54. The number of benzene rings is 6. The highest BCUT2D eigenvalue weighted by atomic mass is 35.5. The Morgan fingerprint density at radius 3 is 1.23 bits per heavy atom. The Morgan fingerprint density at radius 1 is 0.477 bits per heavy atom. The molecule has 6 aromatic carbocycles. The summed E-state index contributed by atoms with van der Waals surface area (Å²) in [6, 6.07) is 10.6. The van der Waals surface area contributed by atoms with E-state index in [0.717, 1.165) is 72.1 Å². The zero-order valence-electron chi connectivity index (χ0n) is 71.6. The number of halogens is 15. The van der Waals surface area contributed by atoms with Crippen molar-refractivity contribution in [3.63, 3.8) is 0 Å². The lowest BCUT2D eigenvalue weighted by Gasteiger charge is -2.44. The Balaban J connectivity index is 0.000000166. The summed E-state index contributed by atoms with van der Waals surface area (Å²) in [5.41, 5.74) is -6.52. The van der Waals surface area contributed by atoms with Crippen molar-refractivity contribution in [3.8, 4) is 33.4 Å². The van der Waals surface area contributed by atoms with E-state index < -0.39 is 127 Å². The predicted octanol–water partition coefficient (Wildman–Crippen LogP) is 13.7. The van der Waals surface area contributed by atoms with Crippen molar-refractivity contribution < 1.29 is 90.1 Å². The lowest BCUT2D eigenvalue weighted by molar-refractivity contribution is -0.137. The molecule has 3 unspecified atom stereocenters. The van der Waals surface area contributed by atoms with Crippen molar-refractivity contribution in [1.29, 1.82) is 0 Å². The molecular weight excluding hydrogens is 1810 g/mol. The standard InChI is InChI=1S/C30H31ClF5N5O3S.C29H30F5N5O3S.C29H31F4N5O3S/c1-5-24(42)41-15(2)11-39(12-16(41)3)28-19-8-20(30(34,35)36)25(18-9-21(31)23(33)10-22(18)32)27-26(19)40(29(43)38-28)13-17(14-45-27)44-7-6-37-4;1-4-23(40)37-7-9-38(10-8-37)27-20-14-21(29(32,33)34)24(19-6-5-17(30)13-22(19)31)26-25(20)39(28(41)35-27)15-18(16-43-26)42-12-11-36(2)3;1-4-23(39)36-9-11-37(12-10-36)27-21-15-22(29(31,32)33)24(18-5-7-19(30)8-6-18)26-25(21)38(28(40)34-27)16-20(17-42-26)41-14-13-35(2)3/h5,8-10,15-17,37H,1,6-7,11-14H2,2-4H3;4-6,13-14,18H,1,7-12,15-16H2,2-3H3;4-8,15,20H,1,9-14,16-17H2,2-3H3/t15-,16+,17?;;. The van der Waals surface area contributed by atoms with Gasteiger partial charge in [0.15, 0.2) is 0 Å². The molecule has 0 bridgehead atoms. The number of ether oxygens (including phenoxy) is 3. The molecule has 6 aliphatic rings. The van der Waals surface area contributed by atoms with Crippen LogP contribution in [0.4, 0.5) is 78.9 Å². The minimum atomic E-state index is -4.99. The van der Waals surface area contributed by atoms with Gasteiger partial charge in [-0.3, -0.25) is 28.1 Å². The third-order valence-electron chi connectivity index (χ3n) is 22.8. The van der Waals surface area contributed by atoms with Crippen LogP contribution in [0.5, 0.6) is 0 Å². The second-order valence-corrected chi connectivity index (χ2v) is 35.6. The first-order chi connectivity index (χ1) is 61.6. The van der Waals surface area contributed by atoms with E-state index in [1.165, 1.54) is 55.8 Å². The van der Waals surface area contributed by atoms with Crippen molar-refractivity contribution in [1.82, 2.24) is 58.5 Å². The van der Waals surface area contributed by atoms with Crippen LogP contribution in [0.2, 0.25) is 5.02 Å². The smallest absolute Gasteiger partial charge is 0.374 e. The lowest BCUT2D eigenvalue weighted by atomic mass is 9.95. The van der Waals surface area contributed by atoms with Gasteiger partial charge in [0.2, 0.25) is 17.7 Å². The topological polar surface area (TPSA) is 222 Å². The van der Waals surface area contributed by atoms with Gasteiger partial charge in [0.05, 0.1) is 96.0 Å². The van der Waals surface area contributed by atoms with Crippen molar-refractivity contribution in [2.24, 2.45) is 0 Å². The van der Waals surface area contributed by atoms with E-state index in [9.17, 15) is 81.5 Å². The molecule has 24 nitrogen and oxygen atoms in total. The van der Waals surface area contributed by atoms with Gasteiger partial charge in [0, 0.05) is 185 Å². The van der Waals surface area contributed by atoms with E-state index >= 15 is 8.78 Å². The monoisotopic (exact) mass is 1900 g/mol. The summed E-state index contributed by atoms with van der Waals surface area (Å²) in [5.74, 6) is -5.00. The third kappa shape index (κ3) is 21.0. The van der Waals surface area contributed by atoms with Gasteiger partial charge < -0.3 is 58.7 Å². The van der Waals surface area contributed by atoms with E-state index in [-0.39, 0.29) is 190 Å². The van der Waals surface area contributed by atoms with Gasteiger partial charge in [-0.2, -0.15) is 54.5 Å². The number of amides is 3. The van der Waals surface area contributed by atoms with E-state index in [1.54, 1.807) is 50.3 Å². The molecule has 0 saturated carbocycles. The summed E-state index contributed by atoms with van der Waals surface area (Å²) >= 11 is 9.17. The number of piperazine rings is 3. The first-order valence-corrected chi connectivity index (χ1v) is 44.6. The minimum Gasteiger partial charge on any atom is -0.374 e. The number of rotatable bonds is 21. The van der Waals surface area contributed by atoms with Gasteiger partial charge in [-0.25, -0.2) is 36.3 Å². The molecule has 3 fully saturated rings. The molecule has 3 aromatic heterocycles. The van der Waals surface area contributed by atoms with Crippen molar-refractivity contribution in [2.75, 3.05) is 172 Å². The van der Waals surface area contributed by atoms with Crippen LogP contribution in [0.25, 0.3) is 66.1 Å². The normalized spacial score (nSPS) is 18.5. The number of carbonyl (C=O) groups excluding carboxylic acids is 3. The Morgan fingerprint density at radius 2 is 0.846 bits per heavy atom. The average Bonchev–Trinajstić information content (AvgIpc) is 1.24. The van der Waals surface area contributed by atoms with Crippen LogP contribution >= 0.6 is 46.9 Å². The van der Waals surface area contributed by atoms with Gasteiger partial charge in [-0.15, -0.1) is 35.3 Å². The Labute approximate surface area is 754 Å². The molecular formula is C88H92ClF14N15O9S3. The third-order valence-corrected chi connectivity index (χ3v) is 26.8. The van der Waals surface area contributed by atoms with Crippen LogP contribution in [0.15, 0.2) is 140 Å². The second kappa shape index (κ2) is 40.5. The molecule has 1 N–H and O–H groups in total. The maximum atomic E-state index is 15.3. The minimum absolute atomic E-state index is 0.0155. The predicted molar refractivity (Wildman–Crippen MR) is 473 cm³/mol. The number of alkyl halides is 9. The summed E-state index contributed by atoms with van der Waals surface area (Å²) in [4.78, 5) is 104.